The smallest absolute Gasteiger partial charge is 0.151 e. The van der Waals surface area contributed by atoms with Gasteiger partial charge in [0.15, 0.2) is 9.84 Å². The predicted molar refractivity (Wildman–Crippen MR) is 81.9 cm³/mol. The van der Waals surface area contributed by atoms with Gasteiger partial charge in [0.2, 0.25) is 0 Å². The number of halogens is 1. The highest BCUT2D eigenvalue weighted by Gasteiger charge is 2.41. The maximum absolute atomic E-state index is 11.6. The lowest BCUT2D eigenvalue weighted by Crippen LogP contribution is -2.39. The van der Waals surface area contributed by atoms with E-state index in [0.29, 0.717) is 12.2 Å². The molecule has 0 saturated carbocycles. The number of sulfone groups is 1. The average molecular weight is 314 g/mol. The number of rotatable bonds is 2. The Kier molecular flexibility index (Phi) is 3.39. The summed E-state index contributed by atoms with van der Waals surface area (Å²) in [5.74, 6) is 0.565. The highest BCUT2D eigenvalue weighted by atomic mass is 35.5. The summed E-state index contributed by atoms with van der Waals surface area (Å²) in [6.45, 7) is 4.45. The third kappa shape index (κ3) is 2.61. The first-order chi connectivity index (χ1) is 9.27. The van der Waals surface area contributed by atoms with E-state index >= 15 is 0 Å². The van der Waals surface area contributed by atoms with Gasteiger partial charge in [-0.3, -0.25) is 0 Å². The molecule has 0 radical (unpaired) electrons. The van der Waals surface area contributed by atoms with E-state index in [-0.39, 0.29) is 23.3 Å². The van der Waals surface area contributed by atoms with Crippen LogP contribution in [0.4, 0.5) is 0 Å². The fourth-order valence-electron chi connectivity index (χ4n) is 3.49. The second-order valence-corrected chi connectivity index (χ2v) is 9.37. The van der Waals surface area contributed by atoms with E-state index in [1.807, 2.05) is 12.1 Å². The highest BCUT2D eigenvalue weighted by molar-refractivity contribution is 7.91. The van der Waals surface area contributed by atoms with Gasteiger partial charge in [0, 0.05) is 17.1 Å². The molecule has 2 atom stereocenters. The SMILES string of the molecule is CC1(C)Cc2ccc(Cl)cc2C1NC1CCS(=O)(=O)C1. The summed E-state index contributed by atoms with van der Waals surface area (Å²) in [6, 6.07) is 6.28. The molecule has 1 aromatic rings. The van der Waals surface area contributed by atoms with Crippen LogP contribution in [0.5, 0.6) is 0 Å². The van der Waals surface area contributed by atoms with E-state index in [9.17, 15) is 8.42 Å². The van der Waals surface area contributed by atoms with Gasteiger partial charge in [-0.05, 0) is 41.5 Å². The van der Waals surface area contributed by atoms with Gasteiger partial charge in [-0.1, -0.05) is 31.5 Å². The van der Waals surface area contributed by atoms with E-state index < -0.39 is 9.84 Å². The standard InChI is InChI=1S/C15H20ClNO2S/c1-15(2)8-10-3-4-11(16)7-13(10)14(15)17-12-5-6-20(18,19)9-12/h3-4,7,12,14,17H,5-6,8-9H2,1-2H3. The van der Waals surface area contributed by atoms with Crippen LogP contribution in [0.2, 0.25) is 5.02 Å². The van der Waals surface area contributed by atoms with E-state index in [0.717, 1.165) is 11.4 Å². The summed E-state index contributed by atoms with van der Waals surface area (Å²) in [5, 5.41) is 4.31. The lowest BCUT2D eigenvalue weighted by Gasteiger charge is -2.31. The molecule has 0 amide bonds. The minimum Gasteiger partial charge on any atom is -0.306 e. The molecule has 0 aromatic heterocycles. The molecule has 3 rings (SSSR count). The maximum Gasteiger partial charge on any atom is 0.151 e. The van der Waals surface area contributed by atoms with Gasteiger partial charge < -0.3 is 5.32 Å². The largest absolute Gasteiger partial charge is 0.306 e. The molecule has 1 aromatic carbocycles. The molecule has 1 heterocycles. The van der Waals surface area contributed by atoms with Gasteiger partial charge in [0.25, 0.3) is 0 Å². The molecule has 20 heavy (non-hydrogen) atoms. The molecule has 0 spiro atoms. The van der Waals surface area contributed by atoms with Crippen molar-refractivity contribution >= 4 is 21.4 Å². The van der Waals surface area contributed by atoms with E-state index in [2.05, 4.69) is 25.2 Å². The Bertz CT molecular complexity index is 639. The van der Waals surface area contributed by atoms with Gasteiger partial charge in [0.1, 0.15) is 0 Å². The van der Waals surface area contributed by atoms with Crippen molar-refractivity contribution in [2.75, 3.05) is 11.5 Å². The normalized spacial score (nSPS) is 30.4. The van der Waals surface area contributed by atoms with Crippen LogP contribution in [0.15, 0.2) is 18.2 Å². The van der Waals surface area contributed by atoms with Gasteiger partial charge in [-0.25, -0.2) is 8.42 Å². The third-order valence-electron chi connectivity index (χ3n) is 4.48. The predicted octanol–water partition coefficient (Wildman–Crippen LogP) is 2.74. The molecule has 1 aliphatic carbocycles. The van der Waals surface area contributed by atoms with Crippen LogP contribution in [0, 0.1) is 5.41 Å². The monoisotopic (exact) mass is 313 g/mol. The minimum absolute atomic E-state index is 0.0641. The zero-order valence-corrected chi connectivity index (χ0v) is 13.4. The van der Waals surface area contributed by atoms with Crippen LogP contribution in [0.3, 0.4) is 0 Å². The molecular weight excluding hydrogens is 294 g/mol. The molecule has 3 nitrogen and oxygen atoms in total. The molecule has 1 saturated heterocycles. The summed E-state index contributed by atoms with van der Waals surface area (Å²) >= 11 is 6.12. The summed E-state index contributed by atoms with van der Waals surface area (Å²) in [5.41, 5.74) is 2.63. The summed E-state index contributed by atoms with van der Waals surface area (Å²) in [7, 11) is -2.85. The van der Waals surface area contributed by atoms with E-state index in [4.69, 9.17) is 11.6 Å². The van der Waals surface area contributed by atoms with Gasteiger partial charge >= 0.3 is 0 Å². The van der Waals surface area contributed by atoms with Crippen molar-refractivity contribution in [3.63, 3.8) is 0 Å². The zero-order chi connectivity index (χ0) is 14.5. The van der Waals surface area contributed by atoms with Crippen LogP contribution >= 0.6 is 11.6 Å². The van der Waals surface area contributed by atoms with Crippen molar-refractivity contribution in [2.24, 2.45) is 5.41 Å². The van der Waals surface area contributed by atoms with Crippen molar-refractivity contribution < 1.29 is 8.42 Å². The van der Waals surface area contributed by atoms with E-state index in [1.165, 1.54) is 11.1 Å². The molecule has 1 N–H and O–H groups in total. The van der Waals surface area contributed by atoms with Crippen molar-refractivity contribution in [1.29, 1.82) is 0 Å². The molecule has 5 heteroatoms. The molecule has 2 unspecified atom stereocenters. The number of hydrogen-bond acceptors (Lipinski definition) is 3. The van der Waals surface area contributed by atoms with Crippen molar-refractivity contribution in [2.45, 2.75) is 38.8 Å². The first-order valence-electron chi connectivity index (χ1n) is 7.02. The van der Waals surface area contributed by atoms with Crippen LogP contribution < -0.4 is 5.32 Å². The first-order valence-corrected chi connectivity index (χ1v) is 9.22. The Hall–Kier alpha value is -0.580. The van der Waals surface area contributed by atoms with E-state index in [1.54, 1.807) is 0 Å². The highest BCUT2D eigenvalue weighted by Crippen LogP contribution is 2.46. The molecular formula is C15H20ClNO2S. The summed E-state index contributed by atoms with van der Waals surface area (Å²) in [4.78, 5) is 0. The summed E-state index contributed by atoms with van der Waals surface area (Å²) in [6.07, 6.45) is 1.71. The average Bonchev–Trinajstić information content (AvgIpc) is 2.78. The second kappa shape index (κ2) is 4.72. The lowest BCUT2D eigenvalue weighted by molar-refractivity contribution is 0.252. The quantitative estimate of drug-likeness (QED) is 0.913. The van der Waals surface area contributed by atoms with Gasteiger partial charge in [-0.2, -0.15) is 0 Å². The van der Waals surface area contributed by atoms with Crippen LogP contribution in [0.1, 0.15) is 37.4 Å². The third-order valence-corrected chi connectivity index (χ3v) is 6.48. The van der Waals surface area contributed by atoms with Crippen LogP contribution in [-0.2, 0) is 16.3 Å². The molecule has 1 fully saturated rings. The number of fused-ring (bicyclic) bond motifs is 1. The van der Waals surface area contributed by atoms with Gasteiger partial charge in [0.05, 0.1) is 11.5 Å². The van der Waals surface area contributed by atoms with Gasteiger partial charge in [-0.15, -0.1) is 0 Å². The maximum atomic E-state index is 11.6. The minimum atomic E-state index is -2.85. The van der Waals surface area contributed by atoms with Crippen molar-refractivity contribution in [3.8, 4) is 0 Å². The number of benzene rings is 1. The fourth-order valence-corrected chi connectivity index (χ4v) is 5.35. The Morgan fingerprint density at radius 2 is 2.10 bits per heavy atom. The Balaban J connectivity index is 1.87. The Labute approximate surface area is 125 Å². The Morgan fingerprint density at radius 1 is 1.35 bits per heavy atom. The lowest BCUT2D eigenvalue weighted by atomic mass is 9.85. The first kappa shape index (κ1) is 14.4. The molecule has 1 aliphatic heterocycles. The number of nitrogens with one attached hydrogen (secondary N) is 1. The molecule has 110 valence electrons. The van der Waals surface area contributed by atoms with Crippen LogP contribution in [-0.4, -0.2) is 26.0 Å². The molecule has 0 bridgehead atoms. The molecule has 2 aliphatic rings. The zero-order valence-electron chi connectivity index (χ0n) is 11.8. The second-order valence-electron chi connectivity index (χ2n) is 6.71. The number of hydrogen-bond donors (Lipinski definition) is 1. The topological polar surface area (TPSA) is 46.2 Å². The van der Waals surface area contributed by atoms with Crippen molar-refractivity contribution in [1.82, 2.24) is 5.32 Å². The fraction of sp³-hybridized carbons (Fsp3) is 0.600. The van der Waals surface area contributed by atoms with Crippen molar-refractivity contribution in [3.05, 3.63) is 34.3 Å². The van der Waals surface area contributed by atoms with Crippen LogP contribution in [0.25, 0.3) is 0 Å². The Morgan fingerprint density at radius 3 is 2.75 bits per heavy atom. The summed E-state index contributed by atoms with van der Waals surface area (Å²) < 4.78 is 23.2.